The van der Waals surface area contributed by atoms with Crippen molar-refractivity contribution in [3.8, 4) is 11.3 Å². The molecule has 156 valence electrons. The molecule has 7 nitrogen and oxygen atoms in total. The largest absolute Gasteiger partial charge is 0.346 e. The lowest BCUT2D eigenvalue weighted by atomic mass is 9.99. The van der Waals surface area contributed by atoms with Crippen LogP contribution in [0.15, 0.2) is 79.4 Å². The molecule has 1 aliphatic rings. The predicted octanol–water partition coefficient (Wildman–Crippen LogP) is 4.20. The zero-order chi connectivity index (χ0) is 21.5. The van der Waals surface area contributed by atoms with Gasteiger partial charge in [0, 0.05) is 48.2 Å². The van der Waals surface area contributed by atoms with Crippen LogP contribution in [0.25, 0.3) is 33.5 Å². The van der Waals surface area contributed by atoms with Crippen LogP contribution in [-0.2, 0) is 0 Å². The van der Waals surface area contributed by atoms with Crippen LogP contribution in [0.5, 0.6) is 0 Å². The Morgan fingerprint density at radius 1 is 1.00 bits per heavy atom. The van der Waals surface area contributed by atoms with Gasteiger partial charge in [0.2, 0.25) is 0 Å². The van der Waals surface area contributed by atoms with Gasteiger partial charge in [0.1, 0.15) is 11.2 Å². The highest BCUT2D eigenvalue weighted by Crippen LogP contribution is 2.29. The lowest BCUT2D eigenvalue weighted by molar-refractivity contribution is 0.0774. The molecular weight excluding hydrogens is 400 g/mol. The minimum Gasteiger partial charge on any atom is -0.346 e. The van der Waals surface area contributed by atoms with Gasteiger partial charge in [-0.3, -0.25) is 4.79 Å². The van der Waals surface area contributed by atoms with Crippen LogP contribution in [0.4, 0.5) is 0 Å². The molecule has 1 aliphatic heterocycles. The van der Waals surface area contributed by atoms with Gasteiger partial charge in [0.05, 0.1) is 11.9 Å². The summed E-state index contributed by atoms with van der Waals surface area (Å²) in [6.45, 7) is 1.20. The first-order valence-electron chi connectivity index (χ1n) is 10.6. The Morgan fingerprint density at radius 2 is 1.91 bits per heavy atom. The van der Waals surface area contributed by atoms with Crippen LogP contribution < -0.4 is 0 Å². The fourth-order valence-electron chi connectivity index (χ4n) is 4.36. The number of H-pyrrole nitrogens is 1. The molecule has 6 rings (SSSR count). The molecule has 0 fully saturated rings. The maximum absolute atomic E-state index is 13.3. The number of nitrogens with one attached hydrogen (secondary N) is 1. The first-order valence-corrected chi connectivity index (χ1v) is 10.6. The summed E-state index contributed by atoms with van der Waals surface area (Å²) in [7, 11) is 0. The summed E-state index contributed by atoms with van der Waals surface area (Å²) in [6, 6.07) is 15.9. The summed E-state index contributed by atoms with van der Waals surface area (Å²) in [5, 5.41) is 5.59. The molecule has 0 radical (unpaired) electrons. The number of hydrogen-bond acceptors (Lipinski definition) is 4. The molecule has 0 aliphatic carbocycles. The van der Waals surface area contributed by atoms with Crippen molar-refractivity contribution in [1.82, 2.24) is 29.5 Å². The molecule has 5 aromatic rings. The SMILES string of the molecule is O=C(c1cnn2c(-c3ccccc3)ccnc12)N1CC=C(c2c[nH]c3ncccc23)CC1. The smallest absolute Gasteiger partial charge is 0.259 e. The summed E-state index contributed by atoms with van der Waals surface area (Å²) in [5.74, 6) is -0.0476. The van der Waals surface area contributed by atoms with E-state index in [0.29, 0.717) is 24.3 Å². The summed E-state index contributed by atoms with van der Waals surface area (Å²) in [5.41, 5.74) is 6.31. The van der Waals surface area contributed by atoms with Crippen LogP contribution in [-0.4, -0.2) is 48.5 Å². The van der Waals surface area contributed by atoms with E-state index in [9.17, 15) is 4.79 Å². The van der Waals surface area contributed by atoms with Crippen molar-refractivity contribution in [1.29, 1.82) is 0 Å². The highest BCUT2D eigenvalue weighted by Gasteiger charge is 2.24. The van der Waals surface area contributed by atoms with E-state index >= 15 is 0 Å². The van der Waals surface area contributed by atoms with Crippen LogP contribution in [0.3, 0.4) is 0 Å². The van der Waals surface area contributed by atoms with Gasteiger partial charge in [-0.25, -0.2) is 14.5 Å². The van der Waals surface area contributed by atoms with Crippen LogP contribution >= 0.6 is 0 Å². The second-order valence-electron chi connectivity index (χ2n) is 7.82. The number of aromatic nitrogens is 5. The number of pyridine rings is 1. The molecule has 1 N–H and O–H groups in total. The lowest BCUT2D eigenvalue weighted by Crippen LogP contribution is -2.34. The Balaban J connectivity index is 1.29. The zero-order valence-corrected chi connectivity index (χ0v) is 17.3. The minimum absolute atomic E-state index is 0.0476. The van der Waals surface area contributed by atoms with Crippen molar-refractivity contribution in [3.05, 3.63) is 90.5 Å². The summed E-state index contributed by atoms with van der Waals surface area (Å²) in [4.78, 5) is 27.2. The van der Waals surface area contributed by atoms with E-state index in [1.54, 1.807) is 23.1 Å². The Hall–Kier alpha value is -4.26. The number of hydrogen-bond donors (Lipinski definition) is 1. The fourth-order valence-corrected chi connectivity index (χ4v) is 4.36. The quantitative estimate of drug-likeness (QED) is 0.474. The van der Waals surface area contributed by atoms with E-state index in [1.807, 2.05) is 53.6 Å². The number of rotatable bonds is 3. The van der Waals surface area contributed by atoms with Crippen molar-refractivity contribution in [2.75, 3.05) is 13.1 Å². The van der Waals surface area contributed by atoms with Crippen molar-refractivity contribution in [3.63, 3.8) is 0 Å². The standard InChI is InChI=1S/C25H20N6O/c32-25(21-16-29-31-22(8-12-27-24(21)31)18-5-2-1-3-6-18)30-13-9-17(10-14-30)20-15-28-23-19(20)7-4-11-26-23/h1-9,11-12,15-16H,10,13-14H2,(H,26,28). The molecule has 7 heteroatoms. The third-order valence-electron chi connectivity index (χ3n) is 5.99. The molecule has 0 saturated carbocycles. The normalized spacial score (nSPS) is 14.1. The van der Waals surface area contributed by atoms with E-state index in [0.717, 1.165) is 34.3 Å². The number of benzene rings is 1. The Kier molecular flexibility index (Phi) is 4.31. The molecule has 0 bridgehead atoms. The summed E-state index contributed by atoms with van der Waals surface area (Å²) in [6.07, 6.45) is 10.1. The van der Waals surface area contributed by atoms with Gasteiger partial charge >= 0.3 is 0 Å². The zero-order valence-electron chi connectivity index (χ0n) is 17.3. The minimum atomic E-state index is -0.0476. The molecule has 0 saturated heterocycles. The second kappa shape index (κ2) is 7.46. The average Bonchev–Trinajstić information content (AvgIpc) is 3.49. The number of carbonyl (C=O) groups is 1. The Bertz CT molecular complexity index is 1480. The number of fused-ring (bicyclic) bond motifs is 2. The number of aromatic amines is 1. The van der Waals surface area contributed by atoms with Crippen molar-refractivity contribution < 1.29 is 4.79 Å². The molecule has 4 aromatic heterocycles. The van der Waals surface area contributed by atoms with Crippen LogP contribution in [0.2, 0.25) is 0 Å². The van der Waals surface area contributed by atoms with Crippen LogP contribution in [0.1, 0.15) is 22.3 Å². The molecule has 1 amide bonds. The highest BCUT2D eigenvalue weighted by atomic mass is 16.2. The molecular formula is C25H20N6O. The molecule has 32 heavy (non-hydrogen) atoms. The molecule has 1 aromatic carbocycles. The number of amides is 1. The first-order chi connectivity index (χ1) is 15.8. The lowest BCUT2D eigenvalue weighted by Gasteiger charge is -2.26. The monoisotopic (exact) mass is 420 g/mol. The van der Waals surface area contributed by atoms with E-state index < -0.39 is 0 Å². The maximum atomic E-state index is 13.3. The number of carbonyl (C=O) groups excluding carboxylic acids is 1. The molecule has 0 unspecified atom stereocenters. The van der Waals surface area contributed by atoms with E-state index in [-0.39, 0.29) is 5.91 Å². The van der Waals surface area contributed by atoms with Crippen LogP contribution in [0, 0.1) is 0 Å². The van der Waals surface area contributed by atoms with E-state index in [1.165, 1.54) is 5.57 Å². The predicted molar refractivity (Wildman–Crippen MR) is 123 cm³/mol. The second-order valence-corrected chi connectivity index (χ2v) is 7.82. The third-order valence-corrected chi connectivity index (χ3v) is 5.99. The van der Waals surface area contributed by atoms with Gasteiger partial charge in [0.25, 0.3) is 5.91 Å². The van der Waals surface area contributed by atoms with Crippen molar-refractivity contribution >= 4 is 28.2 Å². The van der Waals surface area contributed by atoms with Crippen molar-refractivity contribution in [2.24, 2.45) is 0 Å². The van der Waals surface area contributed by atoms with Gasteiger partial charge in [-0.15, -0.1) is 0 Å². The van der Waals surface area contributed by atoms with Crippen molar-refractivity contribution in [2.45, 2.75) is 6.42 Å². The topological polar surface area (TPSA) is 79.2 Å². The average molecular weight is 420 g/mol. The van der Waals surface area contributed by atoms with Gasteiger partial charge in [-0.05, 0) is 30.2 Å². The van der Waals surface area contributed by atoms with E-state index in [4.69, 9.17) is 0 Å². The fraction of sp³-hybridized carbons (Fsp3) is 0.120. The maximum Gasteiger partial charge on any atom is 0.259 e. The molecule has 0 spiro atoms. The Labute approximate surface area is 184 Å². The highest BCUT2D eigenvalue weighted by molar-refractivity contribution is 6.00. The van der Waals surface area contributed by atoms with Gasteiger partial charge in [0.15, 0.2) is 5.65 Å². The summed E-state index contributed by atoms with van der Waals surface area (Å²) < 4.78 is 1.74. The first kappa shape index (κ1) is 18.5. The van der Waals surface area contributed by atoms with E-state index in [2.05, 4.69) is 32.2 Å². The number of nitrogens with zero attached hydrogens (tertiary/aromatic N) is 5. The molecule has 5 heterocycles. The van der Waals surface area contributed by atoms with Gasteiger partial charge in [-0.1, -0.05) is 36.4 Å². The molecule has 0 atom stereocenters. The third kappa shape index (κ3) is 2.98. The Morgan fingerprint density at radius 3 is 2.75 bits per heavy atom. The van der Waals surface area contributed by atoms with Gasteiger partial charge < -0.3 is 9.88 Å². The van der Waals surface area contributed by atoms with Gasteiger partial charge in [-0.2, -0.15) is 5.10 Å². The summed E-state index contributed by atoms with van der Waals surface area (Å²) >= 11 is 0.